The van der Waals surface area contributed by atoms with Gasteiger partial charge >= 0.3 is 0 Å². The molecule has 1 aromatic heterocycles. The third kappa shape index (κ3) is 4.79. The van der Waals surface area contributed by atoms with Crippen molar-refractivity contribution in [3.63, 3.8) is 0 Å². The third-order valence-corrected chi connectivity index (χ3v) is 2.80. The van der Waals surface area contributed by atoms with E-state index in [-0.39, 0.29) is 0 Å². The summed E-state index contributed by atoms with van der Waals surface area (Å²) in [6.07, 6.45) is 5.22. The quantitative estimate of drug-likeness (QED) is 0.745. The number of rotatable bonds is 7. The normalized spacial score (nSPS) is 12.4. The van der Waals surface area contributed by atoms with Crippen LogP contribution in [0, 0.1) is 12.8 Å². The van der Waals surface area contributed by atoms with Crippen molar-refractivity contribution in [1.82, 2.24) is 10.2 Å². The number of aryl methyl sites for hydroxylation is 1. The topological polar surface area (TPSA) is 37.8 Å². The van der Waals surface area contributed by atoms with E-state index in [1.807, 2.05) is 13.0 Å². The Bertz CT molecular complexity index is 298. The Morgan fingerprint density at radius 2 is 2.25 bits per heavy atom. The van der Waals surface area contributed by atoms with Crippen LogP contribution in [0.3, 0.4) is 0 Å². The summed E-state index contributed by atoms with van der Waals surface area (Å²) in [6, 6.07) is 2.01. The summed E-state index contributed by atoms with van der Waals surface area (Å²) < 4.78 is 0. The van der Waals surface area contributed by atoms with Crippen molar-refractivity contribution in [3.05, 3.63) is 17.8 Å². The second kappa shape index (κ2) is 7.44. The van der Waals surface area contributed by atoms with Gasteiger partial charge < -0.3 is 5.32 Å². The van der Waals surface area contributed by atoms with Crippen LogP contribution < -0.4 is 5.32 Å². The van der Waals surface area contributed by atoms with Crippen molar-refractivity contribution >= 4 is 17.4 Å². The van der Waals surface area contributed by atoms with Crippen molar-refractivity contribution in [1.29, 1.82) is 0 Å². The summed E-state index contributed by atoms with van der Waals surface area (Å²) >= 11 is 5.78. The van der Waals surface area contributed by atoms with Crippen LogP contribution in [0.2, 0.25) is 0 Å². The maximum Gasteiger partial charge on any atom is 0.148 e. The number of hydrogen-bond acceptors (Lipinski definition) is 3. The summed E-state index contributed by atoms with van der Waals surface area (Å²) in [6.45, 7) is 5.15. The zero-order chi connectivity index (χ0) is 11.8. The molecule has 1 N–H and O–H groups in total. The summed E-state index contributed by atoms with van der Waals surface area (Å²) in [7, 11) is 0. The lowest BCUT2D eigenvalue weighted by molar-refractivity contribution is 0.489. The Balaban J connectivity index is 2.41. The van der Waals surface area contributed by atoms with Gasteiger partial charge in [0.25, 0.3) is 0 Å². The molecule has 1 aromatic rings. The predicted octanol–water partition coefficient (Wildman–Crippen LogP) is 3.24. The van der Waals surface area contributed by atoms with Crippen molar-refractivity contribution in [3.8, 4) is 0 Å². The fourth-order valence-corrected chi connectivity index (χ4v) is 2.02. The first-order chi connectivity index (χ1) is 7.76. The van der Waals surface area contributed by atoms with E-state index in [4.69, 9.17) is 11.6 Å². The zero-order valence-electron chi connectivity index (χ0n) is 10.0. The average Bonchev–Trinajstić information content (AvgIpc) is 2.27. The van der Waals surface area contributed by atoms with Gasteiger partial charge in [-0.1, -0.05) is 13.3 Å². The molecule has 1 heterocycles. The molecule has 0 aromatic carbocycles. The number of anilines is 1. The summed E-state index contributed by atoms with van der Waals surface area (Å²) in [5.74, 6) is 2.21. The van der Waals surface area contributed by atoms with Gasteiger partial charge in [-0.2, -0.15) is 5.10 Å². The Labute approximate surface area is 103 Å². The van der Waals surface area contributed by atoms with E-state index >= 15 is 0 Å². The molecule has 0 bridgehead atoms. The highest BCUT2D eigenvalue weighted by atomic mass is 35.5. The summed E-state index contributed by atoms with van der Waals surface area (Å²) in [4.78, 5) is 0. The first kappa shape index (κ1) is 13.2. The number of nitrogens with zero attached hydrogens (tertiary/aromatic N) is 2. The van der Waals surface area contributed by atoms with E-state index in [2.05, 4.69) is 22.4 Å². The second-order valence-electron chi connectivity index (χ2n) is 4.13. The molecule has 16 heavy (non-hydrogen) atoms. The highest BCUT2D eigenvalue weighted by molar-refractivity contribution is 6.17. The van der Waals surface area contributed by atoms with Gasteiger partial charge in [-0.15, -0.1) is 16.7 Å². The Kier molecular flexibility index (Phi) is 6.16. The van der Waals surface area contributed by atoms with Crippen LogP contribution in [-0.4, -0.2) is 22.6 Å². The highest BCUT2D eigenvalue weighted by Crippen LogP contribution is 2.13. The molecule has 1 unspecified atom stereocenters. The lowest BCUT2D eigenvalue weighted by atomic mass is 10.0. The van der Waals surface area contributed by atoms with E-state index in [1.54, 1.807) is 6.20 Å². The molecule has 0 aliphatic carbocycles. The first-order valence-corrected chi connectivity index (χ1v) is 6.39. The van der Waals surface area contributed by atoms with Gasteiger partial charge in [-0.3, -0.25) is 0 Å². The molecule has 0 saturated carbocycles. The van der Waals surface area contributed by atoms with Crippen LogP contribution >= 0.6 is 11.6 Å². The molecule has 0 aliphatic rings. The molecule has 1 atom stereocenters. The standard InChI is InChI=1S/C12H20ClN3/c1-3-4-11(5-6-13)9-14-12-7-10(2)8-15-16-12/h7-8,11H,3-6,9H2,1-2H3,(H,14,16). The first-order valence-electron chi connectivity index (χ1n) is 5.85. The molecule has 0 aliphatic heterocycles. The molecule has 1 rings (SSSR count). The SMILES string of the molecule is CCCC(CCCl)CNc1cc(C)cnn1. The van der Waals surface area contributed by atoms with Crippen molar-refractivity contribution in [2.24, 2.45) is 5.92 Å². The fraction of sp³-hybridized carbons (Fsp3) is 0.667. The smallest absolute Gasteiger partial charge is 0.148 e. The Morgan fingerprint density at radius 1 is 1.44 bits per heavy atom. The van der Waals surface area contributed by atoms with Gasteiger partial charge in [0.05, 0.1) is 6.20 Å². The van der Waals surface area contributed by atoms with Crippen molar-refractivity contribution in [2.45, 2.75) is 33.1 Å². The Hall–Kier alpha value is -0.830. The molecular weight excluding hydrogens is 222 g/mol. The second-order valence-corrected chi connectivity index (χ2v) is 4.51. The lowest BCUT2D eigenvalue weighted by Gasteiger charge is -2.15. The van der Waals surface area contributed by atoms with E-state index in [0.29, 0.717) is 5.92 Å². The minimum atomic E-state index is 0.629. The highest BCUT2D eigenvalue weighted by Gasteiger charge is 2.07. The predicted molar refractivity (Wildman–Crippen MR) is 69.0 cm³/mol. The van der Waals surface area contributed by atoms with Gasteiger partial charge in [-0.25, -0.2) is 0 Å². The van der Waals surface area contributed by atoms with Gasteiger partial charge in [0.1, 0.15) is 5.82 Å². The molecular formula is C12H20ClN3. The maximum atomic E-state index is 5.78. The molecule has 0 fully saturated rings. The third-order valence-electron chi connectivity index (χ3n) is 2.58. The molecule has 0 spiro atoms. The Morgan fingerprint density at radius 3 is 2.88 bits per heavy atom. The minimum Gasteiger partial charge on any atom is -0.368 e. The largest absolute Gasteiger partial charge is 0.368 e. The lowest BCUT2D eigenvalue weighted by Crippen LogP contribution is -2.15. The molecule has 0 saturated heterocycles. The van der Waals surface area contributed by atoms with Crippen LogP contribution in [0.15, 0.2) is 12.3 Å². The maximum absolute atomic E-state index is 5.78. The van der Waals surface area contributed by atoms with Gasteiger partial charge in [0.15, 0.2) is 0 Å². The molecule has 90 valence electrons. The number of nitrogens with one attached hydrogen (secondary N) is 1. The number of hydrogen-bond donors (Lipinski definition) is 1. The van der Waals surface area contributed by atoms with E-state index < -0.39 is 0 Å². The van der Waals surface area contributed by atoms with E-state index in [0.717, 1.165) is 30.2 Å². The number of aromatic nitrogens is 2. The van der Waals surface area contributed by atoms with E-state index in [1.165, 1.54) is 12.8 Å². The van der Waals surface area contributed by atoms with Gasteiger partial charge in [0.2, 0.25) is 0 Å². The molecule has 0 radical (unpaired) electrons. The zero-order valence-corrected chi connectivity index (χ0v) is 10.8. The molecule has 0 amide bonds. The van der Waals surface area contributed by atoms with Gasteiger partial charge in [-0.05, 0) is 37.3 Å². The van der Waals surface area contributed by atoms with Crippen molar-refractivity contribution < 1.29 is 0 Å². The van der Waals surface area contributed by atoms with Crippen molar-refractivity contribution in [2.75, 3.05) is 17.7 Å². The van der Waals surface area contributed by atoms with Gasteiger partial charge in [0, 0.05) is 12.4 Å². The van der Waals surface area contributed by atoms with Crippen LogP contribution in [0.5, 0.6) is 0 Å². The van der Waals surface area contributed by atoms with E-state index in [9.17, 15) is 0 Å². The fourth-order valence-electron chi connectivity index (χ4n) is 1.71. The monoisotopic (exact) mass is 241 g/mol. The number of alkyl halides is 1. The number of halogens is 1. The average molecular weight is 242 g/mol. The summed E-state index contributed by atoms with van der Waals surface area (Å²) in [5, 5.41) is 11.3. The van der Waals surface area contributed by atoms with Crippen LogP contribution in [0.25, 0.3) is 0 Å². The summed E-state index contributed by atoms with van der Waals surface area (Å²) in [5.41, 5.74) is 1.13. The molecule has 3 nitrogen and oxygen atoms in total. The molecule has 4 heteroatoms. The van der Waals surface area contributed by atoms with Crippen LogP contribution in [-0.2, 0) is 0 Å². The van der Waals surface area contributed by atoms with Crippen LogP contribution in [0.4, 0.5) is 5.82 Å². The minimum absolute atomic E-state index is 0.629. The van der Waals surface area contributed by atoms with Crippen LogP contribution in [0.1, 0.15) is 31.7 Å².